The number of benzene rings is 1. The van der Waals surface area contributed by atoms with Crippen molar-refractivity contribution in [2.45, 2.75) is 57.9 Å². The van der Waals surface area contributed by atoms with Gasteiger partial charge in [0.1, 0.15) is 11.5 Å². The highest BCUT2D eigenvalue weighted by atomic mass is 16.7. The van der Waals surface area contributed by atoms with Crippen molar-refractivity contribution in [2.75, 3.05) is 34.0 Å². The lowest BCUT2D eigenvalue weighted by Crippen LogP contribution is -2.31. The summed E-state index contributed by atoms with van der Waals surface area (Å²) in [6, 6.07) is 5.75. The average Bonchev–Trinajstić information content (AvgIpc) is 3.46. The van der Waals surface area contributed by atoms with E-state index in [0.717, 1.165) is 61.5 Å². The molecule has 2 saturated heterocycles. The van der Waals surface area contributed by atoms with E-state index in [-0.39, 0.29) is 18.2 Å². The summed E-state index contributed by atoms with van der Waals surface area (Å²) in [6.07, 6.45) is 6.59. The van der Waals surface area contributed by atoms with Gasteiger partial charge in [-0.25, -0.2) is 0 Å². The zero-order valence-electron chi connectivity index (χ0n) is 19.2. The third-order valence-corrected chi connectivity index (χ3v) is 6.39. The lowest BCUT2D eigenvalue weighted by Gasteiger charge is -2.26. The minimum atomic E-state index is -0.120. The monoisotopic (exact) mass is 443 g/mol. The summed E-state index contributed by atoms with van der Waals surface area (Å²) in [4.78, 5) is 15.4. The first-order valence-corrected chi connectivity index (χ1v) is 11.4. The SMILES string of the molecule is COc1ccc([C@@H]2CCCN2C(=O)c2cnn(CCO[C@@H]3CCCCO3)c2C)c(OC)c1. The number of aromatic nitrogens is 2. The van der Waals surface area contributed by atoms with Crippen LogP contribution >= 0.6 is 0 Å². The topological polar surface area (TPSA) is 75.1 Å². The molecule has 8 nitrogen and oxygen atoms in total. The van der Waals surface area contributed by atoms with Crippen molar-refractivity contribution in [1.29, 1.82) is 0 Å². The number of rotatable bonds is 8. The molecule has 1 amide bonds. The van der Waals surface area contributed by atoms with Crippen LogP contribution in [0.5, 0.6) is 11.5 Å². The first kappa shape index (κ1) is 22.6. The Kier molecular flexibility index (Phi) is 7.32. The highest BCUT2D eigenvalue weighted by Crippen LogP contribution is 2.39. The van der Waals surface area contributed by atoms with E-state index >= 15 is 0 Å². The molecule has 174 valence electrons. The predicted octanol–water partition coefficient (Wildman–Crippen LogP) is 3.73. The minimum absolute atomic E-state index is 0.00523. The molecule has 2 aliphatic heterocycles. The van der Waals surface area contributed by atoms with E-state index in [1.165, 1.54) is 0 Å². The van der Waals surface area contributed by atoms with Gasteiger partial charge in [-0.05, 0) is 51.2 Å². The largest absolute Gasteiger partial charge is 0.497 e. The van der Waals surface area contributed by atoms with Crippen LogP contribution in [0.3, 0.4) is 0 Å². The van der Waals surface area contributed by atoms with Crippen LogP contribution in [0.2, 0.25) is 0 Å². The second-order valence-electron chi connectivity index (χ2n) is 8.30. The Hall–Kier alpha value is -2.58. The molecule has 2 aliphatic rings. The number of carbonyl (C=O) groups is 1. The molecular formula is C24H33N3O5. The fraction of sp³-hybridized carbons (Fsp3) is 0.583. The Bertz CT molecular complexity index is 922. The predicted molar refractivity (Wildman–Crippen MR) is 119 cm³/mol. The highest BCUT2D eigenvalue weighted by Gasteiger charge is 2.34. The smallest absolute Gasteiger partial charge is 0.257 e. The van der Waals surface area contributed by atoms with Crippen LogP contribution in [0, 0.1) is 6.92 Å². The number of hydrogen-bond acceptors (Lipinski definition) is 6. The first-order chi connectivity index (χ1) is 15.6. The van der Waals surface area contributed by atoms with E-state index in [4.69, 9.17) is 18.9 Å². The van der Waals surface area contributed by atoms with Crippen LogP contribution in [0.15, 0.2) is 24.4 Å². The van der Waals surface area contributed by atoms with Crippen LogP contribution in [0.25, 0.3) is 0 Å². The summed E-state index contributed by atoms with van der Waals surface area (Å²) >= 11 is 0. The quantitative estimate of drug-likeness (QED) is 0.619. The molecule has 2 atom stereocenters. The lowest BCUT2D eigenvalue weighted by atomic mass is 10.0. The third-order valence-electron chi connectivity index (χ3n) is 6.39. The Labute approximate surface area is 189 Å². The highest BCUT2D eigenvalue weighted by molar-refractivity contribution is 5.95. The number of carbonyl (C=O) groups excluding carboxylic acids is 1. The molecular weight excluding hydrogens is 410 g/mol. The van der Waals surface area contributed by atoms with Gasteiger partial charge >= 0.3 is 0 Å². The van der Waals surface area contributed by atoms with Gasteiger partial charge in [0.25, 0.3) is 5.91 Å². The normalized spacial score (nSPS) is 21.0. The molecule has 3 heterocycles. The molecule has 1 aromatic carbocycles. The summed E-state index contributed by atoms with van der Waals surface area (Å²) in [7, 11) is 3.28. The molecule has 0 unspecified atom stereocenters. The molecule has 1 aromatic heterocycles. The summed E-state index contributed by atoms with van der Waals surface area (Å²) in [5.74, 6) is 1.48. The number of methoxy groups -OCH3 is 2. The third kappa shape index (κ3) is 4.76. The standard InChI is InChI=1S/C24H33N3O5/c1-17-20(16-25-27(17)12-14-32-23-8-4-5-13-31-23)24(28)26-11-6-7-21(26)19-10-9-18(29-2)15-22(19)30-3/h9-10,15-16,21,23H,4-8,11-14H2,1-3H3/t21-,23+/m0/s1. The van der Waals surface area contributed by atoms with Gasteiger partial charge in [0.15, 0.2) is 6.29 Å². The van der Waals surface area contributed by atoms with E-state index in [0.29, 0.717) is 25.3 Å². The van der Waals surface area contributed by atoms with Crippen molar-refractivity contribution in [3.05, 3.63) is 41.2 Å². The van der Waals surface area contributed by atoms with Crippen LogP contribution in [-0.2, 0) is 16.0 Å². The fourth-order valence-electron chi connectivity index (χ4n) is 4.58. The van der Waals surface area contributed by atoms with E-state index in [2.05, 4.69) is 5.10 Å². The number of ether oxygens (including phenoxy) is 4. The molecule has 8 heteroatoms. The summed E-state index contributed by atoms with van der Waals surface area (Å²) in [6.45, 7) is 4.52. The maximum absolute atomic E-state index is 13.5. The molecule has 0 N–H and O–H groups in total. The first-order valence-electron chi connectivity index (χ1n) is 11.4. The molecule has 0 aliphatic carbocycles. The molecule has 0 bridgehead atoms. The molecule has 0 saturated carbocycles. The molecule has 0 radical (unpaired) electrons. The molecule has 0 spiro atoms. The summed E-state index contributed by atoms with van der Waals surface area (Å²) in [5, 5.41) is 4.45. The number of hydrogen-bond donors (Lipinski definition) is 0. The van der Waals surface area contributed by atoms with Gasteiger partial charge < -0.3 is 23.8 Å². The van der Waals surface area contributed by atoms with Gasteiger partial charge in [0.05, 0.1) is 45.2 Å². The second-order valence-corrected chi connectivity index (χ2v) is 8.30. The van der Waals surface area contributed by atoms with Gasteiger partial charge in [-0.3, -0.25) is 9.48 Å². The molecule has 2 aromatic rings. The van der Waals surface area contributed by atoms with Crippen molar-refractivity contribution >= 4 is 5.91 Å². The van der Waals surface area contributed by atoms with Gasteiger partial charge in [-0.15, -0.1) is 0 Å². The van der Waals surface area contributed by atoms with Crippen LogP contribution < -0.4 is 9.47 Å². The summed E-state index contributed by atoms with van der Waals surface area (Å²) < 4.78 is 24.2. The van der Waals surface area contributed by atoms with Crippen molar-refractivity contribution in [2.24, 2.45) is 0 Å². The van der Waals surface area contributed by atoms with Crippen molar-refractivity contribution in [1.82, 2.24) is 14.7 Å². The number of amides is 1. The zero-order valence-corrected chi connectivity index (χ0v) is 19.2. The van der Waals surface area contributed by atoms with Gasteiger partial charge in [-0.1, -0.05) is 0 Å². The maximum atomic E-state index is 13.5. The van der Waals surface area contributed by atoms with Gasteiger partial charge in [0, 0.05) is 30.5 Å². The molecule has 32 heavy (non-hydrogen) atoms. The van der Waals surface area contributed by atoms with E-state index < -0.39 is 0 Å². The second kappa shape index (κ2) is 10.4. The van der Waals surface area contributed by atoms with E-state index in [1.807, 2.05) is 34.7 Å². The molecule has 4 rings (SSSR count). The van der Waals surface area contributed by atoms with Crippen molar-refractivity contribution in [3.8, 4) is 11.5 Å². The van der Waals surface area contributed by atoms with Crippen LogP contribution in [0.1, 0.15) is 59.8 Å². The van der Waals surface area contributed by atoms with Crippen molar-refractivity contribution in [3.63, 3.8) is 0 Å². The Morgan fingerprint density at radius 2 is 2.06 bits per heavy atom. The van der Waals surface area contributed by atoms with Crippen LogP contribution in [-0.4, -0.2) is 60.9 Å². The molecule has 2 fully saturated rings. The summed E-state index contributed by atoms with van der Waals surface area (Å²) in [5.41, 5.74) is 2.50. The lowest BCUT2D eigenvalue weighted by molar-refractivity contribution is -0.163. The fourth-order valence-corrected chi connectivity index (χ4v) is 4.58. The Morgan fingerprint density at radius 1 is 1.19 bits per heavy atom. The zero-order chi connectivity index (χ0) is 22.5. The van der Waals surface area contributed by atoms with Crippen molar-refractivity contribution < 1.29 is 23.7 Å². The number of nitrogens with zero attached hydrogens (tertiary/aromatic N) is 3. The maximum Gasteiger partial charge on any atom is 0.257 e. The van der Waals surface area contributed by atoms with Gasteiger partial charge in [0.2, 0.25) is 0 Å². The minimum Gasteiger partial charge on any atom is -0.497 e. The number of likely N-dealkylation sites (tertiary alicyclic amines) is 1. The van der Waals surface area contributed by atoms with E-state index in [1.54, 1.807) is 20.4 Å². The van der Waals surface area contributed by atoms with Gasteiger partial charge in [-0.2, -0.15) is 5.10 Å². The Morgan fingerprint density at radius 3 is 2.81 bits per heavy atom. The Balaban J connectivity index is 1.44. The van der Waals surface area contributed by atoms with Crippen LogP contribution in [0.4, 0.5) is 0 Å². The average molecular weight is 444 g/mol. The van der Waals surface area contributed by atoms with E-state index in [9.17, 15) is 4.79 Å².